The summed E-state index contributed by atoms with van der Waals surface area (Å²) in [6.45, 7) is 0.862. The minimum atomic E-state index is 0.467. The summed E-state index contributed by atoms with van der Waals surface area (Å²) in [5.41, 5.74) is 1.16. The largest absolute Gasteiger partial charge is 0.314 e. The molecule has 0 unspecified atom stereocenters. The lowest BCUT2D eigenvalue weighted by Crippen LogP contribution is -2.28. The predicted molar refractivity (Wildman–Crippen MR) is 68.5 cm³/mol. The van der Waals surface area contributed by atoms with E-state index in [1.165, 1.54) is 0 Å². The molecular weight excluding hydrogens is 257 g/mol. The van der Waals surface area contributed by atoms with Crippen LogP contribution in [0.5, 0.6) is 0 Å². The molecule has 0 fully saturated rings. The monoisotopic (exact) mass is 267 g/mol. The molecule has 0 atom stereocenters. The number of hydrogen-bond donors (Lipinski definition) is 1. The lowest BCUT2D eigenvalue weighted by Gasteiger charge is -2.19. The van der Waals surface area contributed by atoms with Crippen molar-refractivity contribution in [1.29, 1.82) is 5.41 Å². The highest BCUT2D eigenvalue weighted by Gasteiger charge is 2.14. The predicted octanol–water partition coefficient (Wildman–Crippen LogP) is 3.16. The average molecular weight is 268 g/mol. The van der Waals surface area contributed by atoms with Crippen LogP contribution in [0, 0.1) is 5.41 Å². The fraction of sp³-hybridized carbons (Fsp3) is 0.333. The summed E-state index contributed by atoms with van der Waals surface area (Å²) in [5.74, 6) is 0.956. The molecule has 3 nitrogen and oxygen atoms in total. The van der Waals surface area contributed by atoms with Crippen LogP contribution in [0.25, 0.3) is 10.9 Å². The molecule has 0 saturated carbocycles. The Bertz CT molecular complexity index is 661. The van der Waals surface area contributed by atoms with E-state index in [9.17, 15) is 0 Å². The van der Waals surface area contributed by atoms with Crippen molar-refractivity contribution >= 4 is 34.1 Å². The van der Waals surface area contributed by atoms with Gasteiger partial charge < -0.3 is 4.57 Å². The van der Waals surface area contributed by atoms with E-state index in [2.05, 4.69) is 4.98 Å². The third kappa shape index (κ3) is 1.74. The van der Waals surface area contributed by atoms with Gasteiger partial charge in [-0.15, -0.1) is 0 Å². The van der Waals surface area contributed by atoms with E-state index in [1.807, 2.05) is 4.57 Å². The first-order chi connectivity index (χ1) is 8.16. The van der Waals surface area contributed by atoms with Crippen LogP contribution in [-0.4, -0.2) is 9.55 Å². The molecular formula is C12H11Cl2N3. The molecule has 0 amide bonds. The molecule has 2 heterocycles. The molecule has 0 bridgehead atoms. The highest BCUT2D eigenvalue weighted by Crippen LogP contribution is 2.25. The second-order valence-corrected chi connectivity index (χ2v) is 5.11. The number of benzene rings is 1. The van der Waals surface area contributed by atoms with E-state index in [-0.39, 0.29) is 0 Å². The Hall–Kier alpha value is -1.06. The summed E-state index contributed by atoms with van der Waals surface area (Å²) >= 11 is 12.1. The zero-order valence-electron chi connectivity index (χ0n) is 9.13. The Morgan fingerprint density at radius 3 is 2.88 bits per heavy atom. The SMILES string of the molecule is N=c1c2cc(Cl)cc(Cl)c2nc2n1CCCC2. The Morgan fingerprint density at radius 1 is 1.24 bits per heavy atom. The summed E-state index contributed by atoms with van der Waals surface area (Å²) in [6, 6.07) is 3.44. The zero-order valence-corrected chi connectivity index (χ0v) is 10.6. The molecule has 1 aromatic carbocycles. The molecule has 17 heavy (non-hydrogen) atoms. The summed E-state index contributed by atoms with van der Waals surface area (Å²) in [5, 5.41) is 10.0. The Labute approximate surface area is 109 Å². The van der Waals surface area contributed by atoms with Gasteiger partial charge in [0.05, 0.1) is 10.5 Å². The Balaban J connectivity index is 2.44. The smallest absolute Gasteiger partial charge is 0.135 e. The first-order valence-corrected chi connectivity index (χ1v) is 6.35. The molecule has 88 valence electrons. The van der Waals surface area contributed by atoms with Crippen LogP contribution < -0.4 is 5.49 Å². The van der Waals surface area contributed by atoms with Crippen LogP contribution >= 0.6 is 23.2 Å². The third-order valence-corrected chi connectivity index (χ3v) is 3.64. The molecule has 1 aliphatic heterocycles. The van der Waals surface area contributed by atoms with Crippen molar-refractivity contribution in [1.82, 2.24) is 9.55 Å². The van der Waals surface area contributed by atoms with Crippen molar-refractivity contribution in [3.05, 3.63) is 33.5 Å². The first-order valence-electron chi connectivity index (χ1n) is 5.60. The summed E-state index contributed by atoms with van der Waals surface area (Å²) in [4.78, 5) is 4.57. The van der Waals surface area contributed by atoms with E-state index < -0.39 is 0 Å². The van der Waals surface area contributed by atoms with Gasteiger partial charge in [0.15, 0.2) is 0 Å². The van der Waals surface area contributed by atoms with Gasteiger partial charge in [0.25, 0.3) is 0 Å². The minimum Gasteiger partial charge on any atom is -0.314 e. The maximum atomic E-state index is 8.22. The van der Waals surface area contributed by atoms with Crippen LogP contribution in [0.1, 0.15) is 18.7 Å². The van der Waals surface area contributed by atoms with Crippen LogP contribution in [0.3, 0.4) is 0 Å². The normalized spacial score (nSPS) is 14.9. The maximum Gasteiger partial charge on any atom is 0.135 e. The molecule has 0 spiro atoms. The van der Waals surface area contributed by atoms with Gasteiger partial charge in [-0.2, -0.15) is 0 Å². The highest BCUT2D eigenvalue weighted by molar-refractivity contribution is 6.38. The molecule has 1 aliphatic rings. The van der Waals surface area contributed by atoms with E-state index in [1.54, 1.807) is 12.1 Å². The molecule has 2 aromatic rings. The van der Waals surface area contributed by atoms with E-state index >= 15 is 0 Å². The van der Waals surface area contributed by atoms with Gasteiger partial charge >= 0.3 is 0 Å². The van der Waals surface area contributed by atoms with Gasteiger partial charge in [-0.1, -0.05) is 23.2 Å². The quantitative estimate of drug-likeness (QED) is 0.783. The van der Waals surface area contributed by atoms with Crippen LogP contribution in [0.15, 0.2) is 12.1 Å². The summed E-state index contributed by atoms with van der Waals surface area (Å²) in [6.07, 6.45) is 3.15. The van der Waals surface area contributed by atoms with Crippen LogP contribution in [0.2, 0.25) is 10.0 Å². The Morgan fingerprint density at radius 2 is 2.06 bits per heavy atom. The third-order valence-electron chi connectivity index (χ3n) is 3.14. The van der Waals surface area contributed by atoms with Crippen molar-refractivity contribution < 1.29 is 0 Å². The first kappa shape index (κ1) is 11.1. The second-order valence-electron chi connectivity index (χ2n) is 4.27. The molecule has 3 rings (SSSR count). The minimum absolute atomic E-state index is 0.467. The van der Waals surface area contributed by atoms with Gasteiger partial charge in [-0.05, 0) is 25.0 Å². The number of hydrogen-bond acceptors (Lipinski definition) is 2. The van der Waals surface area contributed by atoms with Crippen molar-refractivity contribution in [2.45, 2.75) is 25.8 Å². The van der Waals surface area contributed by atoms with Crippen molar-refractivity contribution in [2.24, 2.45) is 0 Å². The molecule has 1 aromatic heterocycles. The van der Waals surface area contributed by atoms with Crippen LogP contribution in [0.4, 0.5) is 0 Å². The fourth-order valence-electron chi connectivity index (χ4n) is 2.31. The maximum absolute atomic E-state index is 8.22. The molecule has 1 N–H and O–H groups in total. The summed E-state index contributed by atoms with van der Waals surface area (Å²) in [7, 11) is 0. The number of nitrogens with one attached hydrogen (secondary N) is 1. The van der Waals surface area contributed by atoms with Gasteiger partial charge in [0.1, 0.15) is 11.3 Å². The average Bonchev–Trinajstić information content (AvgIpc) is 2.31. The number of rotatable bonds is 0. The van der Waals surface area contributed by atoms with E-state index in [0.29, 0.717) is 21.0 Å². The van der Waals surface area contributed by atoms with Gasteiger partial charge in [0.2, 0.25) is 0 Å². The van der Waals surface area contributed by atoms with E-state index in [0.717, 1.165) is 37.0 Å². The number of aryl methyl sites for hydroxylation is 1. The highest BCUT2D eigenvalue weighted by atomic mass is 35.5. The lowest BCUT2D eigenvalue weighted by atomic mass is 10.1. The number of halogens is 2. The van der Waals surface area contributed by atoms with E-state index in [4.69, 9.17) is 28.6 Å². The standard InChI is InChI=1S/C12H11Cl2N3/c13-7-5-8-11(9(14)6-7)16-10-3-1-2-4-17(10)12(8)15/h5-6,15H,1-4H2. The van der Waals surface area contributed by atoms with Gasteiger partial charge in [0, 0.05) is 23.4 Å². The topological polar surface area (TPSA) is 41.7 Å². The number of nitrogens with zero attached hydrogens (tertiary/aromatic N) is 2. The van der Waals surface area contributed by atoms with Crippen molar-refractivity contribution in [3.63, 3.8) is 0 Å². The lowest BCUT2D eigenvalue weighted by molar-refractivity contribution is 0.493. The van der Waals surface area contributed by atoms with Crippen molar-refractivity contribution in [2.75, 3.05) is 0 Å². The fourth-order valence-corrected chi connectivity index (χ4v) is 2.84. The van der Waals surface area contributed by atoms with Gasteiger partial charge in [-0.25, -0.2) is 4.98 Å². The molecule has 0 aliphatic carbocycles. The number of fused-ring (bicyclic) bond motifs is 2. The molecule has 5 heteroatoms. The van der Waals surface area contributed by atoms with Crippen LogP contribution in [-0.2, 0) is 13.0 Å². The Kier molecular flexibility index (Phi) is 2.60. The van der Waals surface area contributed by atoms with Gasteiger partial charge in [-0.3, -0.25) is 5.41 Å². The molecule has 0 radical (unpaired) electrons. The second kappa shape index (κ2) is 4.00. The summed E-state index contributed by atoms with van der Waals surface area (Å²) < 4.78 is 1.96. The number of aromatic nitrogens is 2. The zero-order chi connectivity index (χ0) is 12.0. The van der Waals surface area contributed by atoms with Crippen molar-refractivity contribution in [3.8, 4) is 0 Å². The molecule has 0 saturated heterocycles.